The molecular formula is C17H14ClN3O2. The van der Waals surface area contributed by atoms with Crippen molar-refractivity contribution in [2.24, 2.45) is 0 Å². The first-order chi connectivity index (χ1) is 11.1. The SMILES string of the molecule is N#C/C(=C/NCc1cccc(Cl)c1)C(=O)Nc1ccccc1O. The number of rotatable bonds is 5. The van der Waals surface area contributed by atoms with Gasteiger partial charge in [0.15, 0.2) is 0 Å². The Hall–Kier alpha value is -2.97. The number of nitriles is 1. The van der Waals surface area contributed by atoms with E-state index in [1.807, 2.05) is 18.2 Å². The van der Waals surface area contributed by atoms with Gasteiger partial charge in [0.25, 0.3) is 5.91 Å². The summed E-state index contributed by atoms with van der Waals surface area (Å²) >= 11 is 5.89. The Morgan fingerprint density at radius 3 is 2.74 bits per heavy atom. The van der Waals surface area contributed by atoms with Crippen LogP contribution in [0.2, 0.25) is 5.02 Å². The molecule has 5 nitrogen and oxygen atoms in total. The first kappa shape index (κ1) is 16.4. The number of hydrogen-bond acceptors (Lipinski definition) is 4. The Kier molecular flexibility index (Phi) is 5.61. The number of nitrogens with one attached hydrogen (secondary N) is 2. The fourth-order valence-corrected chi connectivity index (χ4v) is 2.05. The number of aromatic hydroxyl groups is 1. The fraction of sp³-hybridized carbons (Fsp3) is 0.0588. The van der Waals surface area contributed by atoms with E-state index in [-0.39, 0.29) is 17.0 Å². The monoisotopic (exact) mass is 327 g/mol. The number of carbonyl (C=O) groups is 1. The first-order valence-corrected chi connectivity index (χ1v) is 7.15. The molecule has 0 aliphatic heterocycles. The Morgan fingerprint density at radius 2 is 2.04 bits per heavy atom. The number of benzene rings is 2. The van der Waals surface area contributed by atoms with Crippen molar-refractivity contribution in [3.63, 3.8) is 0 Å². The highest BCUT2D eigenvalue weighted by atomic mass is 35.5. The van der Waals surface area contributed by atoms with Crippen molar-refractivity contribution >= 4 is 23.2 Å². The Labute approximate surface area is 138 Å². The molecule has 0 spiro atoms. The van der Waals surface area contributed by atoms with Crippen LogP contribution in [0, 0.1) is 11.3 Å². The standard InChI is InChI=1S/C17H14ClN3O2/c18-14-5-3-4-12(8-14)10-20-11-13(9-19)17(23)21-15-6-1-2-7-16(15)22/h1-8,11,20,22H,10H2,(H,21,23)/b13-11-. The third-order valence-electron chi connectivity index (χ3n) is 2.96. The molecule has 2 aromatic carbocycles. The van der Waals surface area contributed by atoms with Gasteiger partial charge in [0, 0.05) is 17.8 Å². The van der Waals surface area contributed by atoms with E-state index in [0.29, 0.717) is 11.6 Å². The average molecular weight is 328 g/mol. The Bertz CT molecular complexity index is 781. The van der Waals surface area contributed by atoms with Gasteiger partial charge >= 0.3 is 0 Å². The summed E-state index contributed by atoms with van der Waals surface area (Å²) in [7, 11) is 0. The molecule has 0 heterocycles. The third-order valence-corrected chi connectivity index (χ3v) is 3.19. The summed E-state index contributed by atoms with van der Waals surface area (Å²) < 4.78 is 0. The topological polar surface area (TPSA) is 85.2 Å². The van der Waals surface area contributed by atoms with E-state index >= 15 is 0 Å². The van der Waals surface area contributed by atoms with Crippen molar-refractivity contribution in [1.29, 1.82) is 5.26 Å². The maximum Gasteiger partial charge on any atom is 0.267 e. The van der Waals surface area contributed by atoms with Crippen molar-refractivity contribution < 1.29 is 9.90 Å². The van der Waals surface area contributed by atoms with Crippen LogP contribution < -0.4 is 10.6 Å². The highest BCUT2D eigenvalue weighted by molar-refractivity contribution is 6.30. The number of amides is 1. The molecule has 0 atom stereocenters. The minimum atomic E-state index is -0.604. The quantitative estimate of drug-likeness (QED) is 0.447. The summed E-state index contributed by atoms with van der Waals surface area (Å²) in [4.78, 5) is 12.0. The number of phenols is 1. The van der Waals surface area contributed by atoms with Crippen molar-refractivity contribution in [3.05, 3.63) is 70.9 Å². The van der Waals surface area contributed by atoms with Crippen LogP contribution in [0.3, 0.4) is 0 Å². The van der Waals surface area contributed by atoms with Crippen molar-refractivity contribution in [2.75, 3.05) is 5.32 Å². The molecule has 116 valence electrons. The maximum atomic E-state index is 12.0. The lowest BCUT2D eigenvalue weighted by Gasteiger charge is -2.07. The number of halogens is 1. The summed E-state index contributed by atoms with van der Waals surface area (Å²) in [5, 5.41) is 24.7. The van der Waals surface area contributed by atoms with Gasteiger partial charge in [-0.05, 0) is 29.8 Å². The molecule has 0 aromatic heterocycles. The van der Waals surface area contributed by atoms with Crippen LogP contribution in [0.25, 0.3) is 0 Å². The summed E-state index contributed by atoms with van der Waals surface area (Å²) in [6, 6.07) is 15.4. The molecule has 0 aliphatic rings. The van der Waals surface area contributed by atoms with Crippen molar-refractivity contribution in [3.8, 4) is 11.8 Å². The maximum absolute atomic E-state index is 12.0. The molecule has 0 saturated carbocycles. The lowest BCUT2D eigenvalue weighted by molar-refractivity contribution is -0.112. The molecule has 23 heavy (non-hydrogen) atoms. The molecule has 0 radical (unpaired) electrons. The van der Waals surface area contributed by atoms with Crippen LogP contribution in [0.15, 0.2) is 60.3 Å². The molecule has 0 unspecified atom stereocenters. The fourth-order valence-electron chi connectivity index (χ4n) is 1.84. The van der Waals surface area contributed by atoms with Gasteiger partial charge in [-0.15, -0.1) is 0 Å². The number of carbonyl (C=O) groups excluding carboxylic acids is 1. The minimum Gasteiger partial charge on any atom is -0.506 e. The van der Waals surface area contributed by atoms with E-state index in [9.17, 15) is 9.90 Å². The lowest BCUT2D eigenvalue weighted by Crippen LogP contribution is -2.16. The Balaban J connectivity index is 2.00. The molecular weight excluding hydrogens is 314 g/mol. The van der Waals surface area contributed by atoms with Gasteiger partial charge in [-0.2, -0.15) is 5.26 Å². The number of anilines is 1. The van der Waals surface area contributed by atoms with Crippen LogP contribution in [0.4, 0.5) is 5.69 Å². The van der Waals surface area contributed by atoms with Gasteiger partial charge in [0.1, 0.15) is 17.4 Å². The van der Waals surface area contributed by atoms with Crippen LogP contribution in [-0.2, 0) is 11.3 Å². The lowest BCUT2D eigenvalue weighted by atomic mass is 10.2. The van der Waals surface area contributed by atoms with Gasteiger partial charge in [-0.25, -0.2) is 0 Å². The van der Waals surface area contributed by atoms with Gasteiger partial charge in [0.05, 0.1) is 5.69 Å². The number of nitrogens with zero attached hydrogens (tertiary/aromatic N) is 1. The van der Waals surface area contributed by atoms with Gasteiger partial charge in [-0.1, -0.05) is 35.9 Å². The second-order valence-corrected chi connectivity index (χ2v) is 5.09. The van der Waals surface area contributed by atoms with Crippen LogP contribution in [0.1, 0.15) is 5.56 Å². The minimum absolute atomic E-state index is 0.0648. The van der Waals surface area contributed by atoms with Crippen LogP contribution in [0.5, 0.6) is 5.75 Å². The molecule has 0 aliphatic carbocycles. The van der Waals surface area contributed by atoms with Crippen molar-refractivity contribution in [1.82, 2.24) is 5.32 Å². The van der Waals surface area contributed by atoms with Crippen molar-refractivity contribution in [2.45, 2.75) is 6.54 Å². The van der Waals surface area contributed by atoms with E-state index < -0.39 is 5.91 Å². The summed E-state index contributed by atoms with van der Waals surface area (Å²) in [5.41, 5.74) is 1.07. The zero-order chi connectivity index (χ0) is 16.7. The summed E-state index contributed by atoms with van der Waals surface area (Å²) in [5.74, 6) is -0.669. The molecule has 0 saturated heterocycles. The zero-order valence-electron chi connectivity index (χ0n) is 12.1. The van der Waals surface area contributed by atoms with Gasteiger partial charge in [-0.3, -0.25) is 4.79 Å². The molecule has 0 fully saturated rings. The summed E-state index contributed by atoms with van der Waals surface area (Å²) in [6.45, 7) is 0.426. The van der Waals surface area contributed by atoms with Gasteiger partial charge < -0.3 is 15.7 Å². The highest BCUT2D eigenvalue weighted by Crippen LogP contribution is 2.21. The normalized spacial score (nSPS) is 10.7. The molecule has 2 aromatic rings. The predicted molar refractivity (Wildman–Crippen MR) is 88.7 cm³/mol. The average Bonchev–Trinajstić information content (AvgIpc) is 2.54. The van der Waals surface area contributed by atoms with E-state index in [1.54, 1.807) is 30.3 Å². The number of phenolic OH excluding ortho intramolecular Hbond substituents is 1. The zero-order valence-corrected chi connectivity index (χ0v) is 12.8. The molecule has 2 rings (SSSR count). The predicted octanol–water partition coefficient (Wildman–Crippen LogP) is 3.18. The van der Waals surface area contributed by atoms with E-state index in [2.05, 4.69) is 10.6 Å². The van der Waals surface area contributed by atoms with Crippen LogP contribution >= 0.6 is 11.6 Å². The van der Waals surface area contributed by atoms with E-state index in [1.165, 1.54) is 12.3 Å². The van der Waals surface area contributed by atoms with E-state index in [0.717, 1.165) is 5.56 Å². The largest absolute Gasteiger partial charge is 0.506 e. The molecule has 6 heteroatoms. The van der Waals surface area contributed by atoms with E-state index in [4.69, 9.17) is 16.9 Å². The molecule has 1 amide bonds. The second-order valence-electron chi connectivity index (χ2n) is 4.65. The van der Waals surface area contributed by atoms with Crippen LogP contribution in [-0.4, -0.2) is 11.0 Å². The smallest absolute Gasteiger partial charge is 0.267 e. The molecule has 3 N–H and O–H groups in total. The first-order valence-electron chi connectivity index (χ1n) is 6.77. The third kappa shape index (κ3) is 4.77. The number of para-hydroxylation sites is 2. The number of hydrogen-bond donors (Lipinski definition) is 3. The van der Waals surface area contributed by atoms with Gasteiger partial charge in [0.2, 0.25) is 0 Å². The Morgan fingerprint density at radius 1 is 1.26 bits per heavy atom. The molecule has 0 bridgehead atoms. The summed E-state index contributed by atoms with van der Waals surface area (Å²) in [6.07, 6.45) is 1.33. The second kappa shape index (κ2) is 7.87. The highest BCUT2D eigenvalue weighted by Gasteiger charge is 2.11.